The van der Waals surface area contributed by atoms with E-state index in [1.165, 1.54) is 0 Å². The van der Waals surface area contributed by atoms with Crippen molar-refractivity contribution >= 4 is 8.32 Å². The van der Waals surface area contributed by atoms with E-state index < -0.39 is 25.8 Å². The molecule has 3 aliphatic rings. The molecule has 5 atom stereocenters. The van der Waals surface area contributed by atoms with E-state index in [1.807, 2.05) is 30.3 Å². The van der Waals surface area contributed by atoms with Gasteiger partial charge in [-0.2, -0.15) is 0 Å². The minimum atomic E-state index is -2.08. The Bertz CT molecular complexity index is 895. The van der Waals surface area contributed by atoms with Crippen molar-refractivity contribution in [2.45, 2.75) is 81.8 Å². The summed E-state index contributed by atoms with van der Waals surface area (Å²) in [6.45, 7) is 12.6. The largest absolute Gasteiger partial charge is 0.490 e. The van der Waals surface area contributed by atoms with Crippen molar-refractivity contribution in [2.75, 3.05) is 26.9 Å². The van der Waals surface area contributed by atoms with Gasteiger partial charge in [-0.15, -0.1) is 0 Å². The molecule has 1 saturated heterocycles. The van der Waals surface area contributed by atoms with Gasteiger partial charge in [0.1, 0.15) is 24.1 Å². The lowest BCUT2D eigenvalue weighted by molar-refractivity contribution is -0.381. The van der Waals surface area contributed by atoms with Crippen LogP contribution in [0.3, 0.4) is 0 Å². The van der Waals surface area contributed by atoms with E-state index >= 15 is 0 Å². The molecule has 3 fully saturated rings. The van der Waals surface area contributed by atoms with Crippen molar-refractivity contribution in [3.8, 4) is 17.6 Å². The van der Waals surface area contributed by atoms with Gasteiger partial charge in [-0.3, -0.25) is 0 Å². The number of hydrogen-bond acceptors (Lipinski definition) is 6. The van der Waals surface area contributed by atoms with Crippen molar-refractivity contribution in [2.24, 2.45) is 11.8 Å². The predicted molar refractivity (Wildman–Crippen MR) is 133 cm³/mol. The van der Waals surface area contributed by atoms with E-state index in [0.29, 0.717) is 39.1 Å². The number of hydrogen-bond donors (Lipinski definition) is 1. The molecule has 4 rings (SSSR count). The first kappa shape index (κ1) is 25.7. The van der Waals surface area contributed by atoms with Crippen LogP contribution in [0, 0.1) is 23.7 Å². The second-order valence-corrected chi connectivity index (χ2v) is 16.0. The van der Waals surface area contributed by atoms with E-state index in [4.69, 9.17) is 23.4 Å². The monoisotopic (exact) mass is 488 g/mol. The highest BCUT2D eigenvalue weighted by Crippen LogP contribution is 2.62. The Labute approximate surface area is 205 Å². The second kappa shape index (κ2) is 9.57. The van der Waals surface area contributed by atoms with Gasteiger partial charge in [0.15, 0.2) is 14.1 Å². The zero-order valence-electron chi connectivity index (χ0n) is 21.4. The summed E-state index contributed by atoms with van der Waals surface area (Å²) in [5.74, 6) is 6.69. The molecule has 0 unspecified atom stereocenters. The molecule has 1 heterocycles. The van der Waals surface area contributed by atoms with Crippen LogP contribution in [0.1, 0.15) is 40.0 Å². The van der Waals surface area contributed by atoms with Crippen LogP contribution in [-0.4, -0.2) is 64.0 Å². The molecule has 2 aliphatic carbocycles. The summed E-state index contributed by atoms with van der Waals surface area (Å²) >= 11 is 0. The average Bonchev–Trinajstić information content (AvgIpc) is 3.29. The SMILES string of the molecule is CO[C@]12CC[C@@H](O)[C@H](C#C[C@H](COc3ccccc3)O[Si](C)(C)C(C)(C)C)[C@H]1CC21OCCO1. The average molecular weight is 489 g/mol. The summed E-state index contributed by atoms with van der Waals surface area (Å²) in [5, 5.41) is 11.0. The Morgan fingerprint density at radius 3 is 2.47 bits per heavy atom. The van der Waals surface area contributed by atoms with Crippen molar-refractivity contribution < 1.29 is 28.5 Å². The summed E-state index contributed by atoms with van der Waals surface area (Å²) in [4.78, 5) is 0. The highest BCUT2D eigenvalue weighted by atomic mass is 28.4. The molecule has 0 radical (unpaired) electrons. The summed E-state index contributed by atoms with van der Waals surface area (Å²) in [5.41, 5.74) is -0.557. The van der Waals surface area contributed by atoms with Gasteiger partial charge in [0.05, 0.1) is 25.2 Å². The molecule has 1 aliphatic heterocycles. The van der Waals surface area contributed by atoms with Crippen LogP contribution in [0.2, 0.25) is 18.1 Å². The summed E-state index contributed by atoms with van der Waals surface area (Å²) < 4.78 is 30.8. The molecule has 1 aromatic rings. The number of aliphatic hydroxyl groups is 1. The van der Waals surface area contributed by atoms with Crippen molar-refractivity contribution in [3.05, 3.63) is 30.3 Å². The van der Waals surface area contributed by atoms with Gasteiger partial charge in [0.25, 0.3) is 0 Å². The summed E-state index contributed by atoms with van der Waals surface area (Å²) in [6, 6.07) is 9.74. The maximum Gasteiger partial charge on any atom is 0.198 e. The number of benzene rings is 1. The van der Waals surface area contributed by atoms with Crippen LogP contribution >= 0.6 is 0 Å². The van der Waals surface area contributed by atoms with Gasteiger partial charge in [0, 0.05) is 19.4 Å². The van der Waals surface area contributed by atoms with Crippen LogP contribution in [-0.2, 0) is 18.6 Å². The Kier molecular flexibility index (Phi) is 7.23. The summed E-state index contributed by atoms with van der Waals surface area (Å²) in [7, 11) is -0.364. The molecule has 1 N–H and O–H groups in total. The molecular weight excluding hydrogens is 448 g/mol. The van der Waals surface area contributed by atoms with Gasteiger partial charge < -0.3 is 28.5 Å². The van der Waals surface area contributed by atoms with Crippen LogP contribution in [0.4, 0.5) is 0 Å². The maximum absolute atomic E-state index is 10.9. The molecule has 0 amide bonds. The lowest BCUT2D eigenvalue weighted by atomic mass is 9.52. The van der Waals surface area contributed by atoms with Crippen LogP contribution in [0.5, 0.6) is 5.75 Å². The molecule has 34 heavy (non-hydrogen) atoms. The van der Waals surface area contributed by atoms with Crippen molar-refractivity contribution in [1.82, 2.24) is 0 Å². The normalized spacial score (nSPS) is 31.2. The molecule has 7 heteroatoms. The highest BCUT2D eigenvalue weighted by Gasteiger charge is 2.73. The minimum Gasteiger partial charge on any atom is -0.490 e. The molecule has 0 bridgehead atoms. The zero-order valence-corrected chi connectivity index (χ0v) is 22.4. The van der Waals surface area contributed by atoms with Crippen LogP contribution < -0.4 is 4.74 Å². The zero-order chi connectivity index (χ0) is 24.6. The van der Waals surface area contributed by atoms with Gasteiger partial charge in [-0.25, -0.2) is 0 Å². The Hall–Kier alpha value is -1.40. The fraction of sp³-hybridized carbons (Fsp3) is 0.704. The van der Waals surface area contributed by atoms with Gasteiger partial charge >= 0.3 is 0 Å². The first-order valence-electron chi connectivity index (χ1n) is 12.4. The maximum atomic E-state index is 10.9. The third kappa shape index (κ3) is 4.57. The van der Waals surface area contributed by atoms with E-state index in [9.17, 15) is 5.11 Å². The number of fused-ring (bicyclic) bond motifs is 2. The lowest BCUT2D eigenvalue weighted by Crippen LogP contribution is -2.74. The molecular formula is C27H40O6Si. The quantitative estimate of drug-likeness (QED) is 0.474. The topological polar surface area (TPSA) is 66.4 Å². The van der Waals surface area contributed by atoms with Crippen LogP contribution in [0.15, 0.2) is 30.3 Å². The fourth-order valence-electron chi connectivity index (χ4n) is 5.32. The molecule has 188 valence electrons. The third-order valence-electron chi connectivity index (χ3n) is 8.31. The Morgan fingerprint density at radius 2 is 1.85 bits per heavy atom. The lowest BCUT2D eigenvalue weighted by Gasteiger charge is -2.63. The fourth-order valence-corrected chi connectivity index (χ4v) is 6.51. The molecule has 6 nitrogen and oxygen atoms in total. The highest BCUT2D eigenvalue weighted by molar-refractivity contribution is 6.74. The second-order valence-electron chi connectivity index (χ2n) is 11.3. The Balaban J connectivity index is 1.55. The smallest absolute Gasteiger partial charge is 0.198 e. The number of methoxy groups -OCH3 is 1. The first-order chi connectivity index (χ1) is 16.0. The summed E-state index contributed by atoms with van der Waals surface area (Å²) in [6.07, 6.45) is 1.09. The van der Waals surface area contributed by atoms with Gasteiger partial charge in [-0.1, -0.05) is 50.8 Å². The van der Waals surface area contributed by atoms with Crippen molar-refractivity contribution in [3.63, 3.8) is 0 Å². The molecule has 2 saturated carbocycles. The standard InChI is InChI=1S/C27H40O6Si/c1-25(2,3)34(5,6)33-21(19-30-20-10-8-7-9-11-20)12-13-22-23-18-27(31-16-17-32-27)26(23,29-4)15-14-24(22)28/h7-11,21-24,28H,14-19H2,1-6H3/t21-,22-,23-,24-,26-/m1/s1. The number of rotatable bonds is 6. The molecule has 1 spiro atoms. The van der Waals surface area contributed by atoms with Crippen LogP contribution in [0.25, 0.3) is 0 Å². The molecule has 1 aromatic carbocycles. The third-order valence-corrected chi connectivity index (χ3v) is 12.8. The van der Waals surface area contributed by atoms with E-state index in [-0.39, 0.29) is 23.0 Å². The predicted octanol–water partition coefficient (Wildman–Crippen LogP) is 4.38. The van der Waals surface area contributed by atoms with E-state index in [1.54, 1.807) is 7.11 Å². The Morgan fingerprint density at radius 1 is 1.18 bits per heavy atom. The van der Waals surface area contributed by atoms with Crippen molar-refractivity contribution in [1.29, 1.82) is 0 Å². The first-order valence-corrected chi connectivity index (χ1v) is 15.3. The number of aliphatic hydroxyl groups excluding tert-OH is 1. The number of ether oxygens (including phenoxy) is 4. The minimum absolute atomic E-state index is 0.0484. The van der Waals surface area contributed by atoms with Gasteiger partial charge in [0.2, 0.25) is 0 Å². The number of para-hydroxylation sites is 1. The molecule has 0 aromatic heterocycles. The van der Waals surface area contributed by atoms with E-state index in [2.05, 4.69) is 45.7 Å². The van der Waals surface area contributed by atoms with E-state index in [0.717, 1.165) is 5.75 Å². The van der Waals surface area contributed by atoms with Gasteiger partial charge in [-0.05, 0) is 43.1 Å².